The van der Waals surface area contributed by atoms with Crippen molar-refractivity contribution in [2.45, 2.75) is 24.9 Å². The van der Waals surface area contributed by atoms with E-state index in [0.29, 0.717) is 39.5 Å². The van der Waals surface area contributed by atoms with E-state index in [4.69, 9.17) is 36.0 Å². The van der Waals surface area contributed by atoms with Gasteiger partial charge in [0.25, 0.3) is 0 Å². The number of nitrogens with zero attached hydrogens (tertiary/aromatic N) is 1. The molecule has 0 bridgehead atoms. The summed E-state index contributed by atoms with van der Waals surface area (Å²) >= 11 is 0. The number of ether oxygens (including phenoxy) is 2. The molecule has 0 spiro atoms. The van der Waals surface area contributed by atoms with Crippen LogP contribution in [0.25, 0.3) is 5.32 Å². The van der Waals surface area contributed by atoms with E-state index < -0.39 is 17.6 Å². The molecule has 0 heterocycles. The van der Waals surface area contributed by atoms with Gasteiger partial charge >= 0.3 is 17.6 Å². The van der Waals surface area contributed by atoms with Crippen molar-refractivity contribution in [2.24, 2.45) is 0 Å². The molecule has 0 fully saturated rings. The third kappa shape index (κ3) is 13.1. The van der Waals surface area contributed by atoms with Crippen LogP contribution in [0.15, 0.2) is 0 Å². The molecule has 0 saturated heterocycles. The smallest absolute Gasteiger partial charge is 0.500 e. The van der Waals surface area contributed by atoms with E-state index in [-0.39, 0.29) is 21.1 Å². The predicted octanol–water partition coefficient (Wildman–Crippen LogP) is 1.93. The summed E-state index contributed by atoms with van der Waals surface area (Å²) in [6.07, 6.45) is 1.67. The van der Waals surface area contributed by atoms with Gasteiger partial charge in [-0.15, -0.1) is 13.1 Å². The van der Waals surface area contributed by atoms with Gasteiger partial charge in [-0.1, -0.05) is 0 Å². The van der Waals surface area contributed by atoms with Crippen LogP contribution in [0, 0.1) is 0 Å². The predicted molar refractivity (Wildman–Crippen MR) is 107 cm³/mol. The molecule has 0 saturated carbocycles. The molecule has 170 valence electrons. The quantitative estimate of drug-likeness (QED) is 0.152. The zero-order valence-electron chi connectivity index (χ0n) is 18.2. The molecule has 0 aliphatic rings. The van der Waals surface area contributed by atoms with Crippen LogP contribution in [0.5, 0.6) is 0 Å². The number of rotatable bonds is 20. The molecule has 0 aromatic rings. The van der Waals surface area contributed by atoms with Gasteiger partial charge in [-0.3, -0.25) is 0 Å². The fourth-order valence-corrected chi connectivity index (χ4v) is 5.85. The van der Waals surface area contributed by atoms with Gasteiger partial charge < -0.3 is 41.3 Å². The van der Waals surface area contributed by atoms with Crippen molar-refractivity contribution in [3.63, 3.8) is 0 Å². The second-order valence-electron chi connectivity index (χ2n) is 5.69. The molecule has 9 nitrogen and oxygen atoms in total. The molecule has 0 aliphatic heterocycles. The van der Waals surface area contributed by atoms with E-state index in [1.807, 2.05) is 0 Å². The standard InChI is InChI=1S/C16H38NO8Si2.W/c1-18-26(19-2,20-3)15-7-11-24-13-9-17-10-14-25-12-8-16-27(21-4,22-5)23-6;/h7-16H2,1-6H3;/q-1;. The van der Waals surface area contributed by atoms with Crippen LogP contribution in [-0.2, 0) is 57.1 Å². The minimum atomic E-state index is -2.48. The second-order valence-corrected chi connectivity index (χ2v) is 11.9. The molecule has 0 aromatic heterocycles. The van der Waals surface area contributed by atoms with Crippen LogP contribution in [0.3, 0.4) is 0 Å². The summed E-state index contributed by atoms with van der Waals surface area (Å²) in [5, 5.41) is 4.38. The maximum atomic E-state index is 5.57. The molecule has 0 N–H and O–H groups in total. The molecule has 0 aliphatic carbocycles. The molecule has 28 heavy (non-hydrogen) atoms. The molecular formula is C16H38NO8Si2W-. The van der Waals surface area contributed by atoms with E-state index in [0.717, 1.165) is 24.9 Å². The van der Waals surface area contributed by atoms with Gasteiger partial charge in [-0.2, -0.15) is 0 Å². The summed E-state index contributed by atoms with van der Waals surface area (Å²) in [7, 11) is 4.75. The summed E-state index contributed by atoms with van der Waals surface area (Å²) in [5.41, 5.74) is 0. The summed E-state index contributed by atoms with van der Waals surface area (Å²) in [5.74, 6) is 0. The Morgan fingerprint density at radius 3 is 1.14 bits per heavy atom. The van der Waals surface area contributed by atoms with Gasteiger partial charge in [0.1, 0.15) is 0 Å². The Morgan fingerprint density at radius 1 is 0.536 bits per heavy atom. The van der Waals surface area contributed by atoms with Gasteiger partial charge in [0, 0.05) is 102 Å². The Balaban J connectivity index is 0. The van der Waals surface area contributed by atoms with Crippen molar-refractivity contribution < 1.29 is 57.1 Å². The van der Waals surface area contributed by atoms with Crippen molar-refractivity contribution in [2.75, 3.05) is 82.2 Å². The van der Waals surface area contributed by atoms with Crippen LogP contribution >= 0.6 is 0 Å². The fourth-order valence-electron chi connectivity index (χ4n) is 2.47. The molecular weight excluding hydrogens is 574 g/mol. The van der Waals surface area contributed by atoms with Crippen LogP contribution in [0.4, 0.5) is 0 Å². The van der Waals surface area contributed by atoms with Gasteiger partial charge in [0.2, 0.25) is 0 Å². The molecule has 12 heteroatoms. The second kappa shape index (κ2) is 19.7. The zero-order chi connectivity index (χ0) is 20.4. The largest absolute Gasteiger partial charge is 0.659 e. The van der Waals surface area contributed by atoms with E-state index in [1.165, 1.54) is 0 Å². The van der Waals surface area contributed by atoms with E-state index in [2.05, 4.69) is 5.32 Å². The first kappa shape index (κ1) is 31.0. The summed E-state index contributed by atoms with van der Waals surface area (Å²) in [6, 6.07) is 1.47. The molecule has 0 unspecified atom stereocenters. The van der Waals surface area contributed by atoms with Crippen LogP contribution in [0.1, 0.15) is 12.8 Å². The number of hydrogen-bond donors (Lipinski definition) is 0. The molecule has 0 amide bonds. The Morgan fingerprint density at radius 2 is 0.857 bits per heavy atom. The van der Waals surface area contributed by atoms with Gasteiger partial charge in [-0.25, -0.2) is 0 Å². The third-order valence-electron chi connectivity index (χ3n) is 4.20. The van der Waals surface area contributed by atoms with E-state index in [9.17, 15) is 0 Å². The van der Waals surface area contributed by atoms with Crippen LogP contribution < -0.4 is 0 Å². The monoisotopic (exact) mass is 612 g/mol. The van der Waals surface area contributed by atoms with Crippen LogP contribution in [-0.4, -0.2) is 99.8 Å². The first-order valence-electron chi connectivity index (χ1n) is 9.17. The van der Waals surface area contributed by atoms with Crippen molar-refractivity contribution >= 4 is 17.6 Å². The molecule has 0 rings (SSSR count). The van der Waals surface area contributed by atoms with Crippen LogP contribution in [0.2, 0.25) is 12.1 Å². The molecule has 0 aromatic carbocycles. The van der Waals surface area contributed by atoms with E-state index >= 15 is 0 Å². The van der Waals surface area contributed by atoms with Crippen molar-refractivity contribution in [1.29, 1.82) is 0 Å². The van der Waals surface area contributed by atoms with Crippen molar-refractivity contribution in [1.82, 2.24) is 0 Å². The maximum Gasteiger partial charge on any atom is 0.500 e. The van der Waals surface area contributed by atoms with Gasteiger partial charge in [-0.05, 0) is 12.8 Å². The van der Waals surface area contributed by atoms with Gasteiger partial charge in [0.05, 0.1) is 0 Å². The topological polar surface area (TPSA) is 87.9 Å². The minimum absolute atomic E-state index is 0. The summed E-state index contributed by atoms with van der Waals surface area (Å²) in [4.78, 5) is 0. The fraction of sp³-hybridized carbons (Fsp3) is 1.00. The Kier molecular flexibility index (Phi) is 21.8. The maximum absolute atomic E-state index is 5.57. The average molecular weight is 612 g/mol. The third-order valence-corrected chi connectivity index (χ3v) is 9.86. The van der Waals surface area contributed by atoms with Crippen molar-refractivity contribution in [3.05, 3.63) is 5.32 Å². The SMILES string of the molecule is CO[Si](CCCOCC[N-]CCOCCC[Si](OC)(OC)OC)(OC)OC.[W]. The Labute approximate surface area is 187 Å². The first-order chi connectivity index (χ1) is 13.1. The zero-order valence-corrected chi connectivity index (χ0v) is 23.1. The van der Waals surface area contributed by atoms with Crippen molar-refractivity contribution in [3.8, 4) is 0 Å². The summed E-state index contributed by atoms with van der Waals surface area (Å²) < 4.78 is 43.3. The average Bonchev–Trinajstić information content (AvgIpc) is 2.72. The Hall–Kier alpha value is 0.762. The first-order valence-corrected chi connectivity index (χ1v) is 13.0. The van der Waals surface area contributed by atoms with Gasteiger partial charge in [0.15, 0.2) is 0 Å². The normalized spacial score (nSPS) is 12.2. The molecule has 0 atom stereocenters. The summed E-state index contributed by atoms with van der Waals surface area (Å²) in [6.45, 7) is 3.81. The van der Waals surface area contributed by atoms with E-state index in [1.54, 1.807) is 42.7 Å². The Bertz CT molecular complexity index is 293. The minimum Gasteiger partial charge on any atom is -0.659 e. The molecule has 0 radical (unpaired) electrons. The number of hydrogen-bond acceptors (Lipinski definition) is 8.